The van der Waals surface area contributed by atoms with Crippen molar-refractivity contribution < 1.29 is 52.5 Å². The van der Waals surface area contributed by atoms with Crippen LogP contribution in [0.15, 0.2) is 48.7 Å². The van der Waals surface area contributed by atoms with Gasteiger partial charge in [-0.25, -0.2) is 0 Å². The molecule has 2 heterocycles. The monoisotopic (exact) mass is 603 g/mol. The van der Waals surface area contributed by atoms with Gasteiger partial charge in [-0.3, -0.25) is 0 Å². The first-order chi connectivity index (χ1) is 16.8. The second-order valence-corrected chi connectivity index (χ2v) is 9.06. The minimum absolute atomic E-state index is 0. The van der Waals surface area contributed by atoms with Crippen LogP contribution in [0.1, 0.15) is 83.2 Å². The average molecular weight is 604 g/mol. The SMILES string of the molecule is C=C1Cc2cc(C)ccc2C[C](=[V])N1C.CC.CC.CC.CC.Cc1ccc2c(c1)N(C)[C](=[V])C2.[V]. The van der Waals surface area contributed by atoms with Crippen molar-refractivity contribution in [3.05, 3.63) is 76.5 Å². The molecule has 0 aromatic heterocycles. The summed E-state index contributed by atoms with van der Waals surface area (Å²) in [6, 6.07) is 13.4. The van der Waals surface area contributed by atoms with Crippen molar-refractivity contribution in [3.8, 4) is 0 Å². The predicted molar refractivity (Wildman–Crippen MR) is 154 cm³/mol. The van der Waals surface area contributed by atoms with E-state index >= 15 is 0 Å². The molecule has 0 fully saturated rings. The molecule has 0 unspecified atom stereocenters. The van der Waals surface area contributed by atoms with Gasteiger partial charge < -0.3 is 0 Å². The Labute approximate surface area is 254 Å². The van der Waals surface area contributed by atoms with Crippen LogP contribution < -0.4 is 4.90 Å². The molecule has 0 aliphatic carbocycles. The van der Waals surface area contributed by atoms with E-state index in [-0.39, 0.29) is 18.6 Å². The number of nitrogens with zero attached hydrogens (tertiary/aromatic N) is 2. The minimum Gasteiger partial charge on any atom is 0 e. The van der Waals surface area contributed by atoms with Gasteiger partial charge in [-0.1, -0.05) is 55.4 Å². The Morgan fingerprint density at radius 2 is 1.03 bits per heavy atom. The topological polar surface area (TPSA) is 6.48 Å². The number of allylic oxidation sites excluding steroid dienone is 1. The number of rotatable bonds is 0. The van der Waals surface area contributed by atoms with Crippen molar-refractivity contribution in [1.29, 1.82) is 0 Å². The van der Waals surface area contributed by atoms with Gasteiger partial charge in [-0.2, -0.15) is 0 Å². The molecule has 0 N–H and O–H groups in total. The molecule has 0 spiro atoms. The minimum atomic E-state index is 0. The van der Waals surface area contributed by atoms with E-state index < -0.39 is 0 Å². The van der Waals surface area contributed by atoms with Gasteiger partial charge in [0.05, 0.1) is 0 Å². The Bertz CT molecular complexity index is 935. The molecular formula is C31H50N2V3. The zero-order valence-electron chi connectivity index (χ0n) is 25.0. The van der Waals surface area contributed by atoms with E-state index in [1.54, 1.807) is 0 Å². The largest absolute Gasteiger partial charge is 0 e. The Morgan fingerprint density at radius 1 is 0.611 bits per heavy atom. The zero-order valence-corrected chi connectivity index (χ0v) is 29.2. The fourth-order valence-electron chi connectivity index (χ4n) is 3.47. The maximum absolute atomic E-state index is 4.13. The molecule has 36 heavy (non-hydrogen) atoms. The third-order valence-electron chi connectivity index (χ3n) is 5.30. The van der Waals surface area contributed by atoms with Crippen LogP contribution in [0.4, 0.5) is 5.69 Å². The van der Waals surface area contributed by atoms with Gasteiger partial charge in [-0.15, -0.1) is 0 Å². The molecule has 0 saturated heterocycles. The maximum atomic E-state index is 4.13. The van der Waals surface area contributed by atoms with E-state index in [1.165, 1.54) is 47.9 Å². The quantitative estimate of drug-likeness (QED) is 0.301. The molecule has 0 atom stereocenters. The molecule has 2 aliphatic heterocycles. The first-order valence-corrected chi connectivity index (χ1v) is 14.6. The summed E-state index contributed by atoms with van der Waals surface area (Å²) in [6.07, 6.45) is 3.08. The molecule has 2 aromatic rings. The molecule has 2 nitrogen and oxygen atoms in total. The third kappa shape index (κ3) is 12.2. The summed E-state index contributed by atoms with van der Waals surface area (Å²) in [5.74, 6) is 0. The van der Waals surface area contributed by atoms with Crippen LogP contribution in [0.2, 0.25) is 0 Å². The third-order valence-corrected chi connectivity index (χ3v) is 6.73. The molecule has 199 valence electrons. The van der Waals surface area contributed by atoms with Crippen LogP contribution in [0, 0.1) is 13.8 Å². The van der Waals surface area contributed by atoms with Crippen molar-refractivity contribution in [2.75, 3.05) is 19.0 Å². The molecule has 0 saturated carbocycles. The first kappa shape index (κ1) is 39.8. The van der Waals surface area contributed by atoms with Gasteiger partial charge in [0.2, 0.25) is 0 Å². The molecule has 4 rings (SSSR count). The van der Waals surface area contributed by atoms with Gasteiger partial charge in [0.15, 0.2) is 0 Å². The molecule has 0 amide bonds. The second kappa shape index (κ2) is 22.3. The average Bonchev–Trinajstić information content (AvgIpc) is 3.12. The van der Waals surface area contributed by atoms with E-state index in [1.807, 2.05) is 55.4 Å². The predicted octanol–water partition coefficient (Wildman–Crippen LogP) is 7.98. The number of aryl methyl sites for hydroxylation is 2. The van der Waals surface area contributed by atoms with Crippen LogP contribution in [0.5, 0.6) is 0 Å². The molecule has 1 radical (unpaired) electrons. The summed E-state index contributed by atoms with van der Waals surface area (Å²) in [5, 5.41) is 0. The van der Waals surface area contributed by atoms with Crippen molar-refractivity contribution in [1.82, 2.24) is 4.90 Å². The van der Waals surface area contributed by atoms with Crippen LogP contribution in [-0.2, 0) is 71.8 Å². The Morgan fingerprint density at radius 3 is 1.56 bits per heavy atom. The van der Waals surface area contributed by atoms with E-state index in [9.17, 15) is 0 Å². The van der Waals surface area contributed by atoms with E-state index in [0.29, 0.717) is 0 Å². The van der Waals surface area contributed by atoms with Gasteiger partial charge in [0, 0.05) is 18.6 Å². The van der Waals surface area contributed by atoms with Gasteiger partial charge >= 0.3 is 182 Å². The molecule has 2 aromatic carbocycles. The summed E-state index contributed by atoms with van der Waals surface area (Å²) in [6.45, 7) is 24.4. The van der Waals surface area contributed by atoms with Crippen molar-refractivity contribution in [2.24, 2.45) is 0 Å². The number of benzene rings is 2. The van der Waals surface area contributed by atoms with Crippen molar-refractivity contribution >= 4 is 14.4 Å². The van der Waals surface area contributed by atoms with Gasteiger partial charge in [0.1, 0.15) is 0 Å². The van der Waals surface area contributed by atoms with Crippen molar-refractivity contribution in [2.45, 2.75) is 88.5 Å². The van der Waals surface area contributed by atoms with Crippen molar-refractivity contribution in [3.63, 3.8) is 0 Å². The standard InChI is InChI=1S/C13H15N.C10H11N.4C2H6.3V/c1-10-4-5-12-6-7-14(3)11(2)9-13(12)8-10;1-8-3-4-9-5-6-11(2)10(9)7-8;4*1-2;;;/h4-5,8H,2,6,9H2,1,3H3;3-4,7H,5H2,1-2H3;4*1-2H3;;;. The summed E-state index contributed by atoms with van der Waals surface area (Å²) >= 11 is 5.30. The van der Waals surface area contributed by atoms with Crippen LogP contribution >= 0.6 is 0 Å². The Kier molecular flexibility index (Phi) is 24.6. The fourth-order valence-corrected chi connectivity index (χ4v) is 4.39. The second-order valence-electron chi connectivity index (χ2n) is 7.45. The molecule has 5 heteroatoms. The zero-order chi connectivity index (χ0) is 27.7. The summed E-state index contributed by atoms with van der Waals surface area (Å²) in [7, 11) is 4.22. The van der Waals surface area contributed by atoms with Crippen LogP contribution in [0.3, 0.4) is 0 Å². The smallest absolute Gasteiger partial charge is 0 e. The van der Waals surface area contributed by atoms with Gasteiger partial charge in [0.25, 0.3) is 0 Å². The van der Waals surface area contributed by atoms with Crippen LogP contribution in [0.25, 0.3) is 0 Å². The molecule has 0 bridgehead atoms. The summed E-state index contributed by atoms with van der Waals surface area (Å²) in [4.78, 5) is 4.44. The number of fused-ring (bicyclic) bond motifs is 2. The van der Waals surface area contributed by atoms with Gasteiger partial charge in [-0.05, 0) is 0 Å². The van der Waals surface area contributed by atoms with E-state index in [2.05, 4.69) is 115 Å². The molecular weight excluding hydrogens is 553 g/mol. The normalized spacial score (nSPS) is 12.4. The van der Waals surface area contributed by atoms with Crippen LogP contribution in [-0.4, -0.2) is 27.7 Å². The Hall–Kier alpha value is -0.727. The molecule has 2 aliphatic rings. The number of hydrogen-bond acceptors (Lipinski definition) is 2. The number of likely N-dealkylation sites (N-methyl/N-ethyl adjacent to an activating group) is 2. The maximum Gasteiger partial charge on any atom is 0 e. The number of hydrogen-bond donors (Lipinski definition) is 0. The van der Waals surface area contributed by atoms with E-state index in [0.717, 1.165) is 19.3 Å². The fraction of sp³-hybridized carbons (Fsp3) is 0.484. The van der Waals surface area contributed by atoms with E-state index in [4.69, 9.17) is 0 Å². The first-order valence-electron chi connectivity index (χ1n) is 13.2. The summed E-state index contributed by atoms with van der Waals surface area (Å²) < 4.78 is 2.69. The summed E-state index contributed by atoms with van der Waals surface area (Å²) in [5.41, 5.74) is 9.51. The Balaban J connectivity index is -0.000000469. The number of anilines is 1.